The number of hydrogen-bond acceptors (Lipinski definition) is 10. The monoisotopic (exact) mass is 643 g/mol. The van der Waals surface area contributed by atoms with Gasteiger partial charge < -0.3 is 23.8 Å². The van der Waals surface area contributed by atoms with Crippen molar-refractivity contribution in [2.45, 2.75) is 31.3 Å². The van der Waals surface area contributed by atoms with E-state index in [9.17, 15) is 13.2 Å². The summed E-state index contributed by atoms with van der Waals surface area (Å²) in [6.45, 7) is 5.45. The molecule has 0 unspecified atom stereocenters. The lowest BCUT2D eigenvalue weighted by Gasteiger charge is -2.26. The lowest BCUT2D eigenvalue weighted by Crippen LogP contribution is -2.35. The fourth-order valence-corrected chi connectivity index (χ4v) is 5.44. The van der Waals surface area contributed by atoms with Gasteiger partial charge in [-0.25, -0.2) is 28.1 Å². The first kappa shape index (κ1) is 32.2. The highest BCUT2D eigenvalue weighted by Crippen LogP contribution is 2.34. The molecule has 0 saturated carbocycles. The van der Waals surface area contributed by atoms with Crippen LogP contribution in [0.4, 0.5) is 39.6 Å². The van der Waals surface area contributed by atoms with E-state index < -0.39 is 21.5 Å². The van der Waals surface area contributed by atoms with Crippen molar-refractivity contribution in [1.29, 1.82) is 0 Å². The van der Waals surface area contributed by atoms with Crippen molar-refractivity contribution in [3.8, 4) is 5.75 Å². The van der Waals surface area contributed by atoms with Gasteiger partial charge in [0.05, 0.1) is 28.7 Å². The van der Waals surface area contributed by atoms with Crippen LogP contribution in [0.15, 0.2) is 83.9 Å². The molecule has 240 valence electrons. The van der Waals surface area contributed by atoms with Gasteiger partial charge in [0, 0.05) is 45.0 Å². The number of carbonyl (C=O) groups is 1. The topological polar surface area (TPSA) is 123 Å². The van der Waals surface area contributed by atoms with E-state index in [0.29, 0.717) is 40.4 Å². The van der Waals surface area contributed by atoms with Gasteiger partial charge in [-0.15, -0.1) is 0 Å². The van der Waals surface area contributed by atoms with Crippen molar-refractivity contribution >= 4 is 61.7 Å². The van der Waals surface area contributed by atoms with Crippen LogP contribution in [0.3, 0.4) is 0 Å². The van der Waals surface area contributed by atoms with Crippen LogP contribution in [0.1, 0.15) is 20.8 Å². The van der Waals surface area contributed by atoms with Gasteiger partial charge in [0.2, 0.25) is 11.9 Å². The van der Waals surface area contributed by atoms with Gasteiger partial charge in [-0.05, 0) is 87.5 Å². The summed E-state index contributed by atoms with van der Waals surface area (Å²) in [6, 6.07) is 21.3. The summed E-state index contributed by atoms with van der Waals surface area (Å²) in [5.41, 5.74) is 2.76. The van der Waals surface area contributed by atoms with Gasteiger partial charge in [0.1, 0.15) is 17.2 Å². The van der Waals surface area contributed by atoms with Crippen LogP contribution in [0.25, 0.3) is 11.0 Å². The molecule has 12 nitrogen and oxygen atoms in total. The third kappa shape index (κ3) is 6.74. The van der Waals surface area contributed by atoms with Crippen molar-refractivity contribution in [1.82, 2.24) is 19.5 Å². The van der Waals surface area contributed by atoms with Gasteiger partial charge in [-0.1, -0.05) is 6.07 Å². The highest BCUT2D eigenvalue weighted by molar-refractivity contribution is 7.90. The van der Waals surface area contributed by atoms with Crippen LogP contribution in [0, 0.1) is 0 Å². The average Bonchev–Trinajstić information content (AvgIpc) is 3.34. The average molecular weight is 644 g/mol. The SMILES string of the molecule is COc1ccc(N(C(=O)OC(C)(C)C)c2nc3cc(N(C)c4ccnc(N(C)c5cccc(S(C)(=O)=O)c5)n4)ccc3n2C)cc1. The second-order valence-corrected chi connectivity index (χ2v) is 13.8. The van der Waals surface area contributed by atoms with Crippen molar-refractivity contribution in [3.63, 3.8) is 0 Å². The van der Waals surface area contributed by atoms with Crippen molar-refractivity contribution in [2.75, 3.05) is 42.2 Å². The number of sulfone groups is 1. The minimum absolute atomic E-state index is 0.213. The molecule has 2 aromatic heterocycles. The Bertz CT molecular complexity index is 2000. The molecule has 13 heteroatoms. The predicted octanol–water partition coefficient (Wildman–Crippen LogP) is 6.38. The van der Waals surface area contributed by atoms with E-state index >= 15 is 0 Å². The summed E-state index contributed by atoms with van der Waals surface area (Å²) in [4.78, 5) is 32.8. The molecule has 3 aromatic carbocycles. The van der Waals surface area contributed by atoms with Crippen molar-refractivity contribution in [3.05, 3.63) is 79.0 Å². The Balaban J connectivity index is 1.49. The quantitative estimate of drug-likeness (QED) is 0.188. The predicted molar refractivity (Wildman–Crippen MR) is 180 cm³/mol. The summed E-state index contributed by atoms with van der Waals surface area (Å²) in [5.74, 6) is 2.05. The van der Waals surface area contributed by atoms with Crippen molar-refractivity contribution in [2.24, 2.45) is 7.05 Å². The third-order valence-corrected chi connectivity index (χ3v) is 8.35. The Labute approximate surface area is 268 Å². The molecule has 0 radical (unpaired) electrons. The fraction of sp³-hybridized carbons (Fsp3) is 0.273. The number of methoxy groups -OCH3 is 1. The summed E-state index contributed by atoms with van der Waals surface area (Å²) < 4.78 is 37.1. The first-order valence-electron chi connectivity index (χ1n) is 14.4. The fourth-order valence-electron chi connectivity index (χ4n) is 4.78. The molecule has 5 aromatic rings. The number of anilines is 6. The van der Waals surface area contributed by atoms with E-state index in [-0.39, 0.29) is 4.90 Å². The van der Waals surface area contributed by atoms with Crippen LogP contribution < -0.4 is 19.4 Å². The van der Waals surface area contributed by atoms with E-state index in [1.807, 2.05) is 62.5 Å². The van der Waals surface area contributed by atoms with Gasteiger partial charge in [-0.2, -0.15) is 4.98 Å². The molecule has 0 aliphatic rings. The standard InChI is InChI=1S/C33H37N7O5S/c1-33(2,3)45-32(41)40(22-12-15-25(44-7)16-13-22)31-35-27-21-24(14-17-28(27)39(31)6)37(4)29-18-19-34-30(36-29)38(5)23-10-9-11-26(20-23)46(8,42)43/h9-21H,1-8H3. The lowest BCUT2D eigenvalue weighted by atomic mass is 10.2. The summed E-state index contributed by atoms with van der Waals surface area (Å²) in [6.07, 6.45) is 2.26. The number of aryl methyl sites for hydroxylation is 1. The molecular formula is C33H37N7O5S. The van der Waals surface area contributed by atoms with Crippen LogP contribution in [-0.2, 0) is 21.6 Å². The Morgan fingerprint density at radius 1 is 0.870 bits per heavy atom. The second kappa shape index (κ2) is 12.3. The highest BCUT2D eigenvalue weighted by atomic mass is 32.2. The molecule has 0 saturated heterocycles. The molecule has 0 aliphatic carbocycles. The van der Waals surface area contributed by atoms with Gasteiger partial charge in [0.25, 0.3) is 0 Å². The number of imidazole rings is 1. The molecule has 0 bridgehead atoms. The maximum absolute atomic E-state index is 13.5. The number of benzene rings is 3. The maximum Gasteiger partial charge on any atom is 0.421 e. The van der Waals surface area contributed by atoms with E-state index in [2.05, 4.69) is 4.98 Å². The molecule has 0 atom stereocenters. The minimum Gasteiger partial charge on any atom is -0.497 e. The molecular weight excluding hydrogens is 606 g/mol. The third-order valence-electron chi connectivity index (χ3n) is 7.24. The molecule has 0 spiro atoms. The zero-order valence-corrected chi connectivity index (χ0v) is 27.9. The Morgan fingerprint density at radius 3 is 2.20 bits per heavy atom. The summed E-state index contributed by atoms with van der Waals surface area (Å²) in [5, 5.41) is 0. The molecule has 1 amide bonds. The number of rotatable bonds is 8. The summed E-state index contributed by atoms with van der Waals surface area (Å²) >= 11 is 0. The molecule has 46 heavy (non-hydrogen) atoms. The number of nitrogens with zero attached hydrogens (tertiary/aromatic N) is 7. The van der Waals surface area contributed by atoms with Crippen LogP contribution in [0.2, 0.25) is 0 Å². The van der Waals surface area contributed by atoms with Crippen LogP contribution >= 0.6 is 0 Å². The van der Waals surface area contributed by atoms with E-state index in [0.717, 1.165) is 11.2 Å². The second-order valence-electron chi connectivity index (χ2n) is 11.8. The number of hydrogen-bond donors (Lipinski definition) is 0. The number of ether oxygens (including phenoxy) is 2. The first-order chi connectivity index (χ1) is 21.7. The Hall–Kier alpha value is -5.17. The number of amides is 1. The number of fused-ring (bicyclic) bond motifs is 1. The number of carbonyl (C=O) groups excluding carboxylic acids is 1. The van der Waals surface area contributed by atoms with Crippen molar-refractivity contribution < 1.29 is 22.7 Å². The maximum atomic E-state index is 13.5. The van der Waals surface area contributed by atoms with Gasteiger partial charge in [0.15, 0.2) is 9.84 Å². The lowest BCUT2D eigenvalue weighted by molar-refractivity contribution is 0.0596. The van der Waals surface area contributed by atoms with Crippen LogP contribution in [-0.4, -0.2) is 67.1 Å². The van der Waals surface area contributed by atoms with E-state index in [1.54, 1.807) is 79.9 Å². The molecule has 2 heterocycles. The van der Waals surface area contributed by atoms with E-state index in [4.69, 9.17) is 19.4 Å². The molecule has 5 rings (SSSR count). The zero-order chi connectivity index (χ0) is 33.4. The molecule has 0 aliphatic heterocycles. The van der Waals surface area contributed by atoms with Crippen LogP contribution in [0.5, 0.6) is 5.75 Å². The Morgan fingerprint density at radius 2 is 1.54 bits per heavy atom. The van der Waals surface area contributed by atoms with Gasteiger partial charge in [-0.3, -0.25) is 0 Å². The minimum atomic E-state index is -3.37. The highest BCUT2D eigenvalue weighted by Gasteiger charge is 2.29. The molecule has 0 N–H and O–H groups in total. The summed E-state index contributed by atoms with van der Waals surface area (Å²) in [7, 11) is 3.72. The van der Waals surface area contributed by atoms with Gasteiger partial charge >= 0.3 is 6.09 Å². The van der Waals surface area contributed by atoms with E-state index in [1.165, 1.54) is 11.2 Å². The Kier molecular flexibility index (Phi) is 8.63. The smallest absolute Gasteiger partial charge is 0.421 e. The zero-order valence-electron chi connectivity index (χ0n) is 27.1. The normalized spacial score (nSPS) is 11.7. The first-order valence-corrected chi connectivity index (χ1v) is 16.3. The largest absolute Gasteiger partial charge is 0.497 e. The molecule has 0 fully saturated rings. The number of aromatic nitrogens is 4.